The van der Waals surface area contributed by atoms with E-state index in [0.717, 1.165) is 16.0 Å². The van der Waals surface area contributed by atoms with Gasteiger partial charge in [0.25, 0.3) is 0 Å². The fourth-order valence-electron chi connectivity index (χ4n) is 3.38. The summed E-state index contributed by atoms with van der Waals surface area (Å²) in [6.45, 7) is 12.4. The van der Waals surface area contributed by atoms with Crippen molar-refractivity contribution in [3.8, 4) is 0 Å². The summed E-state index contributed by atoms with van der Waals surface area (Å²) in [6.07, 6.45) is 0.967. The van der Waals surface area contributed by atoms with E-state index in [-0.39, 0.29) is 17.4 Å². The molecule has 0 saturated heterocycles. The van der Waals surface area contributed by atoms with Crippen molar-refractivity contribution in [2.24, 2.45) is 0 Å². The van der Waals surface area contributed by atoms with Crippen LogP contribution in [0.5, 0.6) is 0 Å². The summed E-state index contributed by atoms with van der Waals surface area (Å²) < 4.78 is 0. The van der Waals surface area contributed by atoms with E-state index < -0.39 is 6.04 Å². The smallest absolute Gasteiger partial charge is 0.243 e. The van der Waals surface area contributed by atoms with E-state index in [0.29, 0.717) is 25.1 Å². The van der Waals surface area contributed by atoms with E-state index in [4.69, 9.17) is 0 Å². The third-order valence-electron chi connectivity index (χ3n) is 5.09. The van der Waals surface area contributed by atoms with Gasteiger partial charge < -0.3 is 10.2 Å². The molecule has 0 saturated carbocycles. The van der Waals surface area contributed by atoms with Gasteiger partial charge in [-0.1, -0.05) is 48.9 Å². The normalized spacial score (nSPS) is 12.3. The number of aryl methyl sites for hydroxylation is 2. The first kappa shape index (κ1) is 25.0. The van der Waals surface area contributed by atoms with Crippen molar-refractivity contribution in [3.63, 3.8) is 0 Å². The van der Waals surface area contributed by atoms with Gasteiger partial charge in [0.15, 0.2) is 0 Å². The van der Waals surface area contributed by atoms with Crippen molar-refractivity contribution in [2.45, 2.75) is 77.4 Å². The molecule has 0 spiro atoms. The summed E-state index contributed by atoms with van der Waals surface area (Å²) >= 11 is 1.67. The largest absolute Gasteiger partial charge is 0.350 e. The Morgan fingerprint density at radius 2 is 1.68 bits per heavy atom. The highest BCUT2D eigenvalue weighted by Crippen LogP contribution is 2.22. The molecule has 4 nitrogen and oxygen atoms in total. The van der Waals surface area contributed by atoms with Crippen LogP contribution >= 0.6 is 11.8 Å². The molecule has 2 rings (SSSR count). The van der Waals surface area contributed by atoms with Gasteiger partial charge in [-0.15, -0.1) is 11.8 Å². The number of carbonyl (C=O) groups is 2. The van der Waals surface area contributed by atoms with Crippen LogP contribution in [-0.2, 0) is 16.1 Å². The molecule has 0 radical (unpaired) electrons. The Morgan fingerprint density at radius 1 is 1.03 bits per heavy atom. The first-order valence-electron chi connectivity index (χ1n) is 11.0. The summed E-state index contributed by atoms with van der Waals surface area (Å²) in [5.41, 5.74) is 3.08. The molecule has 0 fully saturated rings. The number of rotatable bonds is 9. The average molecular weight is 441 g/mol. The third kappa shape index (κ3) is 8.06. The number of benzene rings is 2. The van der Waals surface area contributed by atoms with Crippen LogP contribution in [0.3, 0.4) is 0 Å². The second-order valence-electron chi connectivity index (χ2n) is 9.02. The van der Waals surface area contributed by atoms with E-state index in [1.165, 1.54) is 5.56 Å². The lowest BCUT2D eigenvalue weighted by Crippen LogP contribution is -2.53. The lowest BCUT2D eigenvalue weighted by atomic mass is 10.0. The van der Waals surface area contributed by atoms with Gasteiger partial charge in [-0.05, 0) is 64.3 Å². The van der Waals surface area contributed by atoms with Crippen LogP contribution in [0, 0.1) is 13.8 Å². The molecular formula is C26H36N2O2S. The molecular weight excluding hydrogens is 404 g/mol. The van der Waals surface area contributed by atoms with Crippen molar-refractivity contribution < 1.29 is 9.59 Å². The Labute approximate surface area is 191 Å². The van der Waals surface area contributed by atoms with Crippen LogP contribution < -0.4 is 5.32 Å². The van der Waals surface area contributed by atoms with E-state index in [2.05, 4.69) is 36.5 Å². The maximum absolute atomic E-state index is 13.3. The van der Waals surface area contributed by atoms with Gasteiger partial charge in [0, 0.05) is 29.2 Å². The van der Waals surface area contributed by atoms with Crippen LogP contribution in [0.1, 0.15) is 57.2 Å². The zero-order chi connectivity index (χ0) is 23.0. The average Bonchev–Trinajstić information content (AvgIpc) is 2.69. The lowest BCUT2D eigenvalue weighted by Gasteiger charge is -2.33. The maximum Gasteiger partial charge on any atom is 0.243 e. The number of nitrogens with one attached hydrogen (secondary N) is 1. The van der Waals surface area contributed by atoms with Crippen molar-refractivity contribution in [1.82, 2.24) is 10.2 Å². The minimum atomic E-state index is -0.490. The molecule has 0 unspecified atom stereocenters. The van der Waals surface area contributed by atoms with Crippen molar-refractivity contribution in [1.29, 1.82) is 0 Å². The second-order valence-corrected chi connectivity index (χ2v) is 10.2. The second kappa shape index (κ2) is 11.4. The Kier molecular flexibility index (Phi) is 9.17. The molecule has 2 amide bonds. The molecule has 0 aliphatic carbocycles. The molecule has 0 heterocycles. The van der Waals surface area contributed by atoms with E-state index in [1.54, 1.807) is 16.7 Å². The molecule has 2 aromatic rings. The number of hydrogen-bond acceptors (Lipinski definition) is 3. The minimum Gasteiger partial charge on any atom is -0.350 e. The predicted molar refractivity (Wildman–Crippen MR) is 130 cm³/mol. The molecule has 0 aromatic heterocycles. The molecule has 5 heteroatoms. The first-order valence-corrected chi connectivity index (χ1v) is 11.9. The van der Waals surface area contributed by atoms with Crippen LogP contribution in [-0.4, -0.2) is 34.0 Å². The van der Waals surface area contributed by atoms with Crippen molar-refractivity contribution in [3.05, 3.63) is 65.2 Å². The third-order valence-corrected chi connectivity index (χ3v) is 6.11. The molecule has 31 heavy (non-hydrogen) atoms. The van der Waals surface area contributed by atoms with Gasteiger partial charge >= 0.3 is 0 Å². The molecule has 1 N–H and O–H groups in total. The summed E-state index contributed by atoms with van der Waals surface area (Å²) in [5, 5.41) is 3.06. The van der Waals surface area contributed by atoms with Gasteiger partial charge in [-0.25, -0.2) is 0 Å². The van der Waals surface area contributed by atoms with Crippen molar-refractivity contribution >= 4 is 23.6 Å². The zero-order valence-corrected chi connectivity index (χ0v) is 20.5. The van der Waals surface area contributed by atoms with Gasteiger partial charge in [0.2, 0.25) is 11.8 Å². The minimum absolute atomic E-state index is 0.0128. The molecule has 168 valence electrons. The number of carbonyl (C=O) groups excluding carboxylic acids is 2. The molecule has 0 bridgehead atoms. The molecule has 1 atom stereocenters. The van der Waals surface area contributed by atoms with Gasteiger partial charge in [-0.3, -0.25) is 9.59 Å². The summed E-state index contributed by atoms with van der Waals surface area (Å²) in [4.78, 5) is 29.3. The molecule has 0 aliphatic heterocycles. The number of amides is 2. The number of thioether (sulfide) groups is 1. The number of hydrogen-bond donors (Lipinski definition) is 1. The Bertz CT molecular complexity index is 872. The van der Waals surface area contributed by atoms with Crippen LogP contribution in [0.15, 0.2) is 53.4 Å². The summed E-state index contributed by atoms with van der Waals surface area (Å²) in [6, 6.07) is 15.9. The van der Waals surface area contributed by atoms with Crippen LogP contribution in [0.25, 0.3) is 0 Å². The van der Waals surface area contributed by atoms with Gasteiger partial charge in [0.1, 0.15) is 6.04 Å². The van der Waals surface area contributed by atoms with Gasteiger partial charge in [0.05, 0.1) is 0 Å². The summed E-state index contributed by atoms with van der Waals surface area (Å²) in [5.74, 6) is 0.602. The predicted octanol–water partition coefficient (Wildman–Crippen LogP) is 5.51. The van der Waals surface area contributed by atoms with Crippen LogP contribution in [0.4, 0.5) is 0 Å². The lowest BCUT2D eigenvalue weighted by molar-refractivity contribution is -0.141. The molecule has 0 aliphatic rings. The van der Waals surface area contributed by atoms with E-state index >= 15 is 0 Å². The highest BCUT2D eigenvalue weighted by atomic mass is 32.2. The Hall–Kier alpha value is -2.27. The highest BCUT2D eigenvalue weighted by molar-refractivity contribution is 7.99. The maximum atomic E-state index is 13.3. The fraction of sp³-hybridized carbons (Fsp3) is 0.462. The Morgan fingerprint density at radius 3 is 2.26 bits per heavy atom. The summed E-state index contributed by atoms with van der Waals surface area (Å²) in [7, 11) is 0. The SMILES string of the molecule is CC[C@@H](C(=O)NC(C)(C)C)N(Cc1ccccc1C)C(=O)CCSc1ccc(C)cc1. The standard InChI is InChI=1S/C26H36N2O2S/c1-7-23(25(30)27-26(4,5)6)28(18-21-11-9-8-10-20(21)3)24(29)16-17-31-22-14-12-19(2)13-15-22/h8-15,23H,7,16-18H2,1-6H3,(H,27,30)/t23-/m0/s1. The monoisotopic (exact) mass is 440 g/mol. The number of nitrogens with zero attached hydrogens (tertiary/aromatic N) is 1. The first-order chi connectivity index (χ1) is 14.6. The van der Waals surface area contributed by atoms with E-state index in [9.17, 15) is 9.59 Å². The fourth-order valence-corrected chi connectivity index (χ4v) is 4.22. The zero-order valence-electron chi connectivity index (χ0n) is 19.7. The topological polar surface area (TPSA) is 49.4 Å². The van der Waals surface area contributed by atoms with Gasteiger partial charge in [-0.2, -0.15) is 0 Å². The quantitative estimate of drug-likeness (QED) is 0.523. The Balaban J connectivity index is 2.16. The van der Waals surface area contributed by atoms with E-state index in [1.807, 2.05) is 58.9 Å². The van der Waals surface area contributed by atoms with Crippen molar-refractivity contribution in [2.75, 3.05) is 5.75 Å². The molecule has 2 aromatic carbocycles. The highest BCUT2D eigenvalue weighted by Gasteiger charge is 2.30. The van der Waals surface area contributed by atoms with Crippen LogP contribution in [0.2, 0.25) is 0 Å².